The Bertz CT molecular complexity index is 1920. The van der Waals surface area contributed by atoms with Crippen molar-refractivity contribution >= 4 is 38.4 Å². The first-order valence-corrected chi connectivity index (χ1v) is 11.8. The van der Waals surface area contributed by atoms with E-state index in [4.69, 9.17) is 4.42 Å². The fraction of sp³-hybridized carbons (Fsp3) is 0.0968. The maximum absolute atomic E-state index is 6.45. The van der Waals surface area contributed by atoms with E-state index in [1.165, 1.54) is 27.5 Å². The van der Waals surface area contributed by atoms with Crippen LogP contribution in [0.3, 0.4) is 0 Å². The van der Waals surface area contributed by atoms with Crippen LogP contribution in [0.15, 0.2) is 89.5 Å². The Morgan fingerprint density at radius 2 is 1.37 bits per heavy atom. The molecule has 0 atom stereocenters. The monoisotopic (exact) mass is 453 g/mol. The van der Waals surface area contributed by atoms with Gasteiger partial charge in [-0.15, -0.1) is 10.2 Å². The molecule has 4 nitrogen and oxygen atoms in total. The van der Waals surface area contributed by atoms with Crippen molar-refractivity contribution < 1.29 is 4.42 Å². The first-order valence-electron chi connectivity index (χ1n) is 11.8. The van der Waals surface area contributed by atoms with Gasteiger partial charge in [0, 0.05) is 33.5 Å². The molecule has 3 heterocycles. The standard InChI is InChI=1S/C31H23N3O/c1-18-14-20(3)28-26(16-18)27-17-19(2)15-25(29(27)35-28)22-8-10-23(11-9-22)30-32-33-31-24-7-5-4-6-21(24)12-13-34(30)31/h4-17H,1-3H3. The van der Waals surface area contributed by atoms with E-state index < -0.39 is 0 Å². The molecule has 0 aliphatic heterocycles. The van der Waals surface area contributed by atoms with Gasteiger partial charge in [-0.3, -0.25) is 4.40 Å². The minimum atomic E-state index is 0.835. The molecule has 35 heavy (non-hydrogen) atoms. The van der Waals surface area contributed by atoms with Gasteiger partial charge in [0.1, 0.15) is 11.2 Å². The molecule has 0 bridgehead atoms. The number of aromatic nitrogens is 3. The van der Waals surface area contributed by atoms with Gasteiger partial charge in [0.25, 0.3) is 0 Å². The van der Waals surface area contributed by atoms with Gasteiger partial charge in [0.2, 0.25) is 0 Å². The number of fused-ring (bicyclic) bond motifs is 6. The summed E-state index contributed by atoms with van der Waals surface area (Å²) >= 11 is 0. The predicted molar refractivity (Wildman–Crippen MR) is 143 cm³/mol. The number of rotatable bonds is 2. The highest BCUT2D eigenvalue weighted by Gasteiger charge is 2.16. The number of benzene rings is 4. The van der Waals surface area contributed by atoms with E-state index in [0.717, 1.165) is 50.1 Å². The first kappa shape index (κ1) is 20.0. The van der Waals surface area contributed by atoms with Crippen molar-refractivity contribution in [1.29, 1.82) is 0 Å². The molecule has 0 radical (unpaired) electrons. The SMILES string of the molecule is Cc1cc(C)c2oc3c(-c4ccc(-c5nnc6c7ccccc7ccn56)cc4)cc(C)cc3c2c1. The Morgan fingerprint density at radius 1 is 0.657 bits per heavy atom. The molecule has 0 aliphatic carbocycles. The highest BCUT2D eigenvalue weighted by atomic mass is 16.3. The normalized spacial score (nSPS) is 11.9. The topological polar surface area (TPSA) is 43.3 Å². The third-order valence-electron chi connectivity index (χ3n) is 6.90. The molecule has 4 heteroatoms. The lowest BCUT2D eigenvalue weighted by Gasteiger charge is -2.07. The number of furan rings is 1. The van der Waals surface area contributed by atoms with Gasteiger partial charge in [-0.25, -0.2) is 0 Å². The lowest BCUT2D eigenvalue weighted by molar-refractivity contribution is 0.666. The average molecular weight is 454 g/mol. The van der Waals surface area contributed by atoms with Crippen LogP contribution in [0.2, 0.25) is 0 Å². The third-order valence-corrected chi connectivity index (χ3v) is 6.90. The minimum absolute atomic E-state index is 0.835. The van der Waals surface area contributed by atoms with E-state index in [1.807, 2.05) is 18.3 Å². The zero-order chi connectivity index (χ0) is 23.7. The molecular formula is C31H23N3O. The summed E-state index contributed by atoms with van der Waals surface area (Å²) in [5.74, 6) is 0.835. The highest BCUT2D eigenvalue weighted by molar-refractivity contribution is 6.11. The van der Waals surface area contributed by atoms with Crippen LogP contribution in [0.5, 0.6) is 0 Å². The van der Waals surface area contributed by atoms with E-state index in [0.29, 0.717) is 0 Å². The summed E-state index contributed by atoms with van der Waals surface area (Å²) in [5.41, 5.74) is 9.66. The Labute approximate surface area is 202 Å². The van der Waals surface area contributed by atoms with Crippen LogP contribution < -0.4 is 0 Å². The number of pyridine rings is 1. The van der Waals surface area contributed by atoms with Crippen LogP contribution in [-0.2, 0) is 0 Å². The van der Waals surface area contributed by atoms with Crippen LogP contribution >= 0.6 is 0 Å². The van der Waals surface area contributed by atoms with E-state index in [2.05, 4.69) is 102 Å². The Morgan fingerprint density at radius 3 is 2.20 bits per heavy atom. The van der Waals surface area contributed by atoms with Crippen LogP contribution in [0, 0.1) is 20.8 Å². The van der Waals surface area contributed by atoms with E-state index in [9.17, 15) is 0 Å². The quantitative estimate of drug-likeness (QED) is 0.266. The molecule has 4 aromatic carbocycles. The lowest BCUT2D eigenvalue weighted by Crippen LogP contribution is -1.90. The van der Waals surface area contributed by atoms with Crippen molar-refractivity contribution in [3.63, 3.8) is 0 Å². The van der Waals surface area contributed by atoms with Crippen molar-refractivity contribution in [2.45, 2.75) is 20.8 Å². The fourth-order valence-corrected chi connectivity index (χ4v) is 5.30. The summed E-state index contributed by atoms with van der Waals surface area (Å²) < 4.78 is 8.52. The maximum atomic E-state index is 6.45. The second kappa shape index (κ2) is 7.28. The summed E-state index contributed by atoms with van der Waals surface area (Å²) in [6.07, 6.45) is 2.05. The maximum Gasteiger partial charge on any atom is 0.168 e. The smallest absolute Gasteiger partial charge is 0.168 e. The molecule has 0 saturated carbocycles. The van der Waals surface area contributed by atoms with Crippen LogP contribution in [0.4, 0.5) is 0 Å². The number of hydrogen-bond donors (Lipinski definition) is 0. The van der Waals surface area contributed by atoms with Crippen LogP contribution in [0.25, 0.3) is 60.9 Å². The zero-order valence-electron chi connectivity index (χ0n) is 19.8. The Hall–Kier alpha value is -4.44. The van der Waals surface area contributed by atoms with E-state index in [1.54, 1.807) is 0 Å². The van der Waals surface area contributed by atoms with Crippen LogP contribution in [-0.4, -0.2) is 14.6 Å². The van der Waals surface area contributed by atoms with Crippen molar-refractivity contribution in [3.8, 4) is 22.5 Å². The second-order valence-corrected chi connectivity index (χ2v) is 9.45. The molecule has 0 unspecified atom stereocenters. The largest absolute Gasteiger partial charge is 0.455 e. The van der Waals surface area contributed by atoms with Crippen molar-refractivity contribution in [2.24, 2.45) is 0 Å². The Kier molecular flexibility index (Phi) is 4.15. The molecular weight excluding hydrogens is 430 g/mol. The van der Waals surface area contributed by atoms with Gasteiger partial charge in [0.05, 0.1) is 0 Å². The van der Waals surface area contributed by atoms with Gasteiger partial charge in [0.15, 0.2) is 11.5 Å². The second-order valence-electron chi connectivity index (χ2n) is 9.45. The number of nitrogens with zero attached hydrogens (tertiary/aromatic N) is 3. The third kappa shape index (κ3) is 3.00. The Balaban J connectivity index is 1.38. The van der Waals surface area contributed by atoms with Gasteiger partial charge in [-0.2, -0.15) is 0 Å². The zero-order valence-corrected chi connectivity index (χ0v) is 19.8. The summed E-state index contributed by atoms with van der Waals surface area (Å²) in [7, 11) is 0. The first-order chi connectivity index (χ1) is 17.1. The van der Waals surface area contributed by atoms with Gasteiger partial charge in [-0.05, 0) is 72.7 Å². The summed E-state index contributed by atoms with van der Waals surface area (Å²) in [6.45, 7) is 6.40. The summed E-state index contributed by atoms with van der Waals surface area (Å²) in [6, 6.07) is 27.8. The molecule has 0 N–H and O–H groups in total. The molecule has 0 spiro atoms. The molecule has 0 fully saturated rings. The molecule has 7 rings (SSSR count). The summed E-state index contributed by atoms with van der Waals surface area (Å²) in [4.78, 5) is 0. The van der Waals surface area contributed by atoms with Crippen LogP contribution in [0.1, 0.15) is 16.7 Å². The van der Waals surface area contributed by atoms with E-state index in [-0.39, 0.29) is 0 Å². The lowest BCUT2D eigenvalue weighted by atomic mass is 9.98. The predicted octanol–water partition coefficient (Wildman–Crippen LogP) is 8.04. The number of hydrogen-bond acceptors (Lipinski definition) is 3. The van der Waals surface area contributed by atoms with Gasteiger partial charge in [-0.1, -0.05) is 54.6 Å². The molecule has 0 amide bonds. The minimum Gasteiger partial charge on any atom is -0.455 e. The van der Waals surface area contributed by atoms with Crippen molar-refractivity contribution in [1.82, 2.24) is 14.6 Å². The average Bonchev–Trinajstić information content (AvgIpc) is 3.46. The highest BCUT2D eigenvalue weighted by Crippen LogP contribution is 2.39. The van der Waals surface area contributed by atoms with Gasteiger partial charge >= 0.3 is 0 Å². The molecule has 168 valence electrons. The van der Waals surface area contributed by atoms with Crippen molar-refractivity contribution in [2.75, 3.05) is 0 Å². The molecule has 0 saturated heterocycles. The van der Waals surface area contributed by atoms with Gasteiger partial charge < -0.3 is 4.42 Å². The van der Waals surface area contributed by atoms with Crippen molar-refractivity contribution in [3.05, 3.63) is 102 Å². The molecule has 7 aromatic rings. The fourth-order valence-electron chi connectivity index (χ4n) is 5.30. The molecule has 0 aliphatic rings. The molecule has 3 aromatic heterocycles. The number of aryl methyl sites for hydroxylation is 3. The summed E-state index contributed by atoms with van der Waals surface area (Å²) in [5, 5.41) is 13.6. The van der Waals surface area contributed by atoms with E-state index >= 15 is 0 Å².